The van der Waals surface area contributed by atoms with Crippen LogP contribution in [0.5, 0.6) is 0 Å². The topological polar surface area (TPSA) is 60.6 Å². The lowest BCUT2D eigenvalue weighted by atomic mass is 10.2. The number of fused-ring (bicyclic) bond motifs is 2. The van der Waals surface area contributed by atoms with Crippen LogP contribution in [0.4, 0.5) is 0 Å². The lowest BCUT2D eigenvalue weighted by Crippen LogP contribution is -2.23. The van der Waals surface area contributed by atoms with Gasteiger partial charge in [0.25, 0.3) is 0 Å². The molecule has 0 fully saturated rings. The van der Waals surface area contributed by atoms with Gasteiger partial charge in [-0.15, -0.1) is 5.10 Å². The number of rotatable bonds is 6. The van der Waals surface area contributed by atoms with Crippen molar-refractivity contribution < 1.29 is 0 Å². The smallest absolute Gasteiger partial charge is 0.131 e. The molecule has 128 valence electrons. The van der Waals surface area contributed by atoms with Gasteiger partial charge in [0.15, 0.2) is 0 Å². The second-order valence-corrected chi connectivity index (χ2v) is 6.38. The highest BCUT2D eigenvalue weighted by Gasteiger charge is 2.13. The van der Waals surface area contributed by atoms with Crippen molar-refractivity contribution in [2.45, 2.75) is 32.5 Å². The van der Waals surface area contributed by atoms with Gasteiger partial charge < -0.3 is 9.88 Å². The standard InChI is InChI=1S/C19H22N6/c1-14(20-2)11-12-24-17-9-5-3-7-15(17)21-19(24)13-25-18-10-6-4-8-16(18)22-23-25/h3-10,14,20H,11-13H2,1-2H3. The normalized spacial score (nSPS) is 12.9. The van der Waals surface area contributed by atoms with Gasteiger partial charge in [0.05, 0.1) is 16.6 Å². The predicted molar refractivity (Wildman–Crippen MR) is 99.5 cm³/mol. The Morgan fingerprint density at radius 3 is 2.52 bits per heavy atom. The van der Waals surface area contributed by atoms with Gasteiger partial charge in [0.2, 0.25) is 0 Å². The quantitative estimate of drug-likeness (QED) is 0.589. The Labute approximate surface area is 146 Å². The fourth-order valence-electron chi connectivity index (χ4n) is 3.13. The third-order valence-electron chi connectivity index (χ3n) is 4.72. The van der Waals surface area contributed by atoms with Crippen molar-refractivity contribution in [3.8, 4) is 0 Å². The number of aryl methyl sites for hydroxylation is 1. The zero-order valence-corrected chi connectivity index (χ0v) is 14.6. The molecule has 25 heavy (non-hydrogen) atoms. The number of nitrogens with zero attached hydrogens (tertiary/aromatic N) is 5. The van der Waals surface area contributed by atoms with Gasteiger partial charge in [-0.05, 0) is 44.7 Å². The molecule has 0 radical (unpaired) electrons. The molecule has 0 spiro atoms. The first-order valence-electron chi connectivity index (χ1n) is 8.66. The highest BCUT2D eigenvalue weighted by molar-refractivity contribution is 5.76. The molecule has 1 N–H and O–H groups in total. The van der Waals surface area contributed by atoms with E-state index in [1.807, 2.05) is 42.1 Å². The van der Waals surface area contributed by atoms with E-state index >= 15 is 0 Å². The van der Waals surface area contributed by atoms with Crippen LogP contribution in [0.2, 0.25) is 0 Å². The van der Waals surface area contributed by atoms with E-state index in [2.05, 4.69) is 45.3 Å². The third kappa shape index (κ3) is 3.00. The first kappa shape index (κ1) is 15.8. The van der Waals surface area contributed by atoms with Crippen molar-refractivity contribution in [2.75, 3.05) is 7.05 Å². The summed E-state index contributed by atoms with van der Waals surface area (Å²) >= 11 is 0. The molecule has 0 aliphatic carbocycles. The minimum Gasteiger partial charge on any atom is -0.326 e. The highest BCUT2D eigenvalue weighted by atomic mass is 15.4. The summed E-state index contributed by atoms with van der Waals surface area (Å²) in [6, 6.07) is 16.8. The molecule has 0 saturated carbocycles. The van der Waals surface area contributed by atoms with Gasteiger partial charge in [0.1, 0.15) is 17.9 Å². The second kappa shape index (κ2) is 6.64. The SMILES string of the molecule is CNC(C)CCn1c(Cn2nnc3ccccc32)nc2ccccc21. The average molecular weight is 334 g/mol. The van der Waals surface area contributed by atoms with E-state index < -0.39 is 0 Å². The Morgan fingerprint density at radius 2 is 1.72 bits per heavy atom. The molecule has 2 aromatic carbocycles. The fourth-order valence-corrected chi connectivity index (χ4v) is 3.13. The van der Waals surface area contributed by atoms with E-state index in [1.54, 1.807) is 0 Å². The van der Waals surface area contributed by atoms with Crippen LogP contribution in [0, 0.1) is 0 Å². The summed E-state index contributed by atoms with van der Waals surface area (Å²) in [5.41, 5.74) is 4.14. The molecular formula is C19H22N6. The highest BCUT2D eigenvalue weighted by Crippen LogP contribution is 2.19. The van der Waals surface area contributed by atoms with Gasteiger partial charge in [-0.2, -0.15) is 0 Å². The summed E-state index contributed by atoms with van der Waals surface area (Å²) in [6.07, 6.45) is 1.04. The van der Waals surface area contributed by atoms with Crippen LogP contribution in [-0.2, 0) is 13.1 Å². The lowest BCUT2D eigenvalue weighted by Gasteiger charge is -2.13. The number of aromatic nitrogens is 5. The molecule has 1 unspecified atom stereocenters. The molecule has 6 nitrogen and oxygen atoms in total. The largest absolute Gasteiger partial charge is 0.326 e. The Bertz CT molecular complexity index is 999. The second-order valence-electron chi connectivity index (χ2n) is 6.38. The van der Waals surface area contributed by atoms with Crippen molar-refractivity contribution in [1.29, 1.82) is 0 Å². The Hall–Kier alpha value is -2.73. The van der Waals surface area contributed by atoms with E-state index in [0.717, 1.165) is 35.3 Å². The molecule has 0 bridgehead atoms. The van der Waals surface area contributed by atoms with Crippen LogP contribution in [-0.4, -0.2) is 37.6 Å². The summed E-state index contributed by atoms with van der Waals surface area (Å²) in [5.74, 6) is 1.01. The van der Waals surface area contributed by atoms with Crippen LogP contribution < -0.4 is 5.32 Å². The molecule has 2 heterocycles. The molecule has 6 heteroatoms. The van der Waals surface area contributed by atoms with E-state index in [4.69, 9.17) is 4.98 Å². The number of hydrogen-bond donors (Lipinski definition) is 1. The molecule has 0 aliphatic rings. The number of imidazole rings is 1. The zero-order valence-electron chi connectivity index (χ0n) is 14.6. The average Bonchev–Trinajstić information content (AvgIpc) is 3.21. The maximum absolute atomic E-state index is 4.85. The van der Waals surface area contributed by atoms with Crippen molar-refractivity contribution in [3.05, 3.63) is 54.4 Å². The van der Waals surface area contributed by atoms with Gasteiger partial charge in [-0.1, -0.05) is 29.5 Å². The van der Waals surface area contributed by atoms with Gasteiger partial charge >= 0.3 is 0 Å². The van der Waals surface area contributed by atoms with Crippen molar-refractivity contribution in [1.82, 2.24) is 29.9 Å². The minimum absolute atomic E-state index is 0.459. The maximum Gasteiger partial charge on any atom is 0.131 e. The van der Waals surface area contributed by atoms with E-state index in [0.29, 0.717) is 12.6 Å². The van der Waals surface area contributed by atoms with Crippen LogP contribution in [0.3, 0.4) is 0 Å². The number of hydrogen-bond acceptors (Lipinski definition) is 4. The molecule has 1 atom stereocenters. The number of para-hydroxylation sites is 3. The monoisotopic (exact) mass is 334 g/mol. The summed E-state index contributed by atoms with van der Waals surface area (Å²) in [4.78, 5) is 4.85. The van der Waals surface area contributed by atoms with Crippen LogP contribution in [0.1, 0.15) is 19.2 Å². The number of benzene rings is 2. The molecule has 4 aromatic rings. The molecule has 0 aliphatic heterocycles. The fraction of sp³-hybridized carbons (Fsp3) is 0.316. The predicted octanol–water partition coefficient (Wildman–Crippen LogP) is 2.83. The Morgan fingerprint density at radius 1 is 1.00 bits per heavy atom. The Balaban J connectivity index is 1.73. The van der Waals surface area contributed by atoms with Gasteiger partial charge in [-0.3, -0.25) is 0 Å². The van der Waals surface area contributed by atoms with Crippen LogP contribution in [0.15, 0.2) is 48.5 Å². The first-order valence-corrected chi connectivity index (χ1v) is 8.66. The minimum atomic E-state index is 0.459. The molecule has 4 rings (SSSR count). The number of nitrogens with one attached hydrogen (secondary N) is 1. The third-order valence-corrected chi connectivity index (χ3v) is 4.72. The Kier molecular flexibility index (Phi) is 4.19. The summed E-state index contributed by atoms with van der Waals surface area (Å²) in [5, 5.41) is 11.9. The summed E-state index contributed by atoms with van der Waals surface area (Å²) < 4.78 is 4.23. The van der Waals surface area contributed by atoms with E-state index in [1.165, 1.54) is 5.52 Å². The zero-order chi connectivity index (χ0) is 17.2. The molecule has 0 amide bonds. The first-order chi connectivity index (χ1) is 12.3. The summed E-state index contributed by atoms with van der Waals surface area (Å²) in [6.45, 7) is 3.73. The molecular weight excluding hydrogens is 312 g/mol. The maximum atomic E-state index is 4.85. The van der Waals surface area contributed by atoms with Crippen LogP contribution >= 0.6 is 0 Å². The molecule has 2 aromatic heterocycles. The van der Waals surface area contributed by atoms with Crippen molar-refractivity contribution in [3.63, 3.8) is 0 Å². The van der Waals surface area contributed by atoms with Gasteiger partial charge in [-0.25, -0.2) is 9.67 Å². The van der Waals surface area contributed by atoms with Crippen molar-refractivity contribution >= 4 is 22.1 Å². The van der Waals surface area contributed by atoms with Gasteiger partial charge in [0, 0.05) is 12.6 Å². The summed E-state index contributed by atoms with van der Waals surface area (Å²) in [7, 11) is 2.00. The van der Waals surface area contributed by atoms with E-state index in [-0.39, 0.29) is 0 Å². The lowest BCUT2D eigenvalue weighted by molar-refractivity contribution is 0.499. The van der Waals surface area contributed by atoms with E-state index in [9.17, 15) is 0 Å². The van der Waals surface area contributed by atoms with Crippen LogP contribution in [0.25, 0.3) is 22.1 Å². The molecule has 0 saturated heterocycles. The van der Waals surface area contributed by atoms with Crippen molar-refractivity contribution in [2.24, 2.45) is 0 Å².